The normalized spacial score (nSPS) is 9.47. The lowest BCUT2D eigenvalue weighted by Crippen LogP contribution is -2.06. The van der Waals surface area contributed by atoms with Crippen LogP contribution in [0.4, 0.5) is 0 Å². The minimum Gasteiger partial charge on any atom is -0.351 e. The molecule has 1 aromatic carbocycles. The summed E-state index contributed by atoms with van der Waals surface area (Å²) in [4.78, 5) is 25.7. The van der Waals surface area contributed by atoms with E-state index in [0.717, 1.165) is 29.2 Å². The van der Waals surface area contributed by atoms with Crippen LogP contribution >= 0.6 is 11.6 Å². The van der Waals surface area contributed by atoms with Gasteiger partial charge >= 0.3 is 0 Å². The van der Waals surface area contributed by atoms with E-state index in [0.29, 0.717) is 5.56 Å². The molecule has 0 saturated heterocycles. The first-order valence-corrected chi connectivity index (χ1v) is 6.00. The number of rotatable bonds is 2. The first-order chi connectivity index (χ1) is 8.99. The predicted octanol–water partition coefficient (Wildman–Crippen LogP) is 2.71. The van der Waals surface area contributed by atoms with E-state index in [1.54, 1.807) is 20.2 Å². The number of aryl methyl sites for hydroxylation is 1. The van der Waals surface area contributed by atoms with Gasteiger partial charge in [-0.25, -0.2) is 4.98 Å². The number of hydrogen-bond acceptors (Lipinski definition) is 3. The van der Waals surface area contributed by atoms with Crippen LogP contribution < -0.4 is 0 Å². The van der Waals surface area contributed by atoms with Crippen molar-refractivity contribution < 1.29 is 9.59 Å². The van der Waals surface area contributed by atoms with Crippen LogP contribution in [0.3, 0.4) is 0 Å². The van der Waals surface area contributed by atoms with Crippen LogP contribution in [0.15, 0.2) is 24.3 Å². The van der Waals surface area contributed by atoms with Gasteiger partial charge in [0.2, 0.25) is 6.41 Å². The standard InChI is InChI=1S/C11H8ClNO.C3H7NO/c1-7-3-2-4-8-5-9(6-14)11(12)13-10(7)8;1-4(2)3-5/h2-6H,1H3;3H,1-2H3. The van der Waals surface area contributed by atoms with Gasteiger partial charge in [-0.1, -0.05) is 29.8 Å². The number of benzene rings is 1. The fraction of sp³-hybridized carbons (Fsp3) is 0.214. The van der Waals surface area contributed by atoms with Crippen LogP contribution in [-0.4, -0.2) is 36.7 Å². The lowest BCUT2D eigenvalue weighted by Gasteiger charge is -2.02. The zero-order valence-corrected chi connectivity index (χ0v) is 11.8. The first kappa shape index (κ1) is 15.1. The molecular weight excluding hydrogens is 264 g/mol. The van der Waals surface area contributed by atoms with Crippen LogP contribution in [0.2, 0.25) is 5.15 Å². The van der Waals surface area contributed by atoms with Gasteiger partial charge in [0, 0.05) is 19.5 Å². The molecule has 0 spiro atoms. The van der Waals surface area contributed by atoms with Crippen LogP contribution in [0.25, 0.3) is 10.9 Å². The average Bonchev–Trinajstić information content (AvgIpc) is 2.40. The SMILES string of the molecule is CN(C)C=O.Cc1cccc2cc(C=O)c(Cl)nc12. The van der Waals surface area contributed by atoms with Crippen molar-refractivity contribution in [1.29, 1.82) is 0 Å². The molecule has 0 aliphatic rings. The molecule has 1 heterocycles. The van der Waals surface area contributed by atoms with Gasteiger partial charge in [-0.2, -0.15) is 0 Å². The van der Waals surface area contributed by atoms with Crippen molar-refractivity contribution >= 4 is 35.2 Å². The van der Waals surface area contributed by atoms with Crippen molar-refractivity contribution in [2.24, 2.45) is 0 Å². The molecule has 0 fully saturated rings. The summed E-state index contributed by atoms with van der Waals surface area (Å²) in [6.45, 7) is 1.96. The Labute approximate surface area is 117 Å². The zero-order chi connectivity index (χ0) is 14.4. The molecule has 0 N–H and O–H groups in total. The van der Waals surface area contributed by atoms with Gasteiger partial charge in [-0.15, -0.1) is 0 Å². The van der Waals surface area contributed by atoms with Gasteiger partial charge in [0.05, 0.1) is 11.1 Å². The van der Waals surface area contributed by atoms with Crippen molar-refractivity contribution in [2.45, 2.75) is 6.92 Å². The molecule has 4 nitrogen and oxygen atoms in total. The molecule has 2 rings (SSSR count). The van der Waals surface area contributed by atoms with E-state index in [4.69, 9.17) is 11.6 Å². The Morgan fingerprint density at radius 3 is 2.42 bits per heavy atom. The molecule has 0 radical (unpaired) electrons. The zero-order valence-electron chi connectivity index (χ0n) is 11.1. The number of aromatic nitrogens is 1. The molecular formula is C14H15ClN2O2. The van der Waals surface area contributed by atoms with Crippen molar-refractivity contribution in [1.82, 2.24) is 9.88 Å². The first-order valence-electron chi connectivity index (χ1n) is 5.62. The number of carbonyl (C=O) groups excluding carboxylic acids is 2. The van der Waals surface area contributed by atoms with Crippen molar-refractivity contribution in [3.63, 3.8) is 0 Å². The molecule has 100 valence electrons. The van der Waals surface area contributed by atoms with E-state index in [-0.39, 0.29) is 5.15 Å². The number of para-hydroxylation sites is 1. The quantitative estimate of drug-likeness (QED) is 0.627. The Kier molecular flexibility index (Phi) is 5.45. The molecule has 0 aliphatic carbocycles. The predicted molar refractivity (Wildman–Crippen MR) is 76.6 cm³/mol. The minimum atomic E-state index is 0.266. The molecule has 0 saturated carbocycles. The highest BCUT2D eigenvalue weighted by atomic mass is 35.5. The van der Waals surface area contributed by atoms with Gasteiger partial charge in [0.25, 0.3) is 0 Å². The third-order valence-corrected chi connectivity index (χ3v) is 2.67. The second-order valence-corrected chi connectivity index (χ2v) is 4.56. The summed E-state index contributed by atoms with van der Waals surface area (Å²) >= 11 is 5.83. The van der Waals surface area contributed by atoms with E-state index in [1.807, 2.05) is 25.1 Å². The van der Waals surface area contributed by atoms with Crippen molar-refractivity contribution in [3.05, 3.63) is 40.5 Å². The maximum absolute atomic E-state index is 10.6. The van der Waals surface area contributed by atoms with Crippen molar-refractivity contribution in [2.75, 3.05) is 14.1 Å². The largest absolute Gasteiger partial charge is 0.351 e. The molecule has 5 heteroatoms. The van der Waals surface area contributed by atoms with E-state index >= 15 is 0 Å². The van der Waals surface area contributed by atoms with E-state index < -0.39 is 0 Å². The molecule has 1 amide bonds. The Bertz CT molecular complexity index is 597. The fourth-order valence-corrected chi connectivity index (χ4v) is 1.61. The number of pyridine rings is 1. The van der Waals surface area contributed by atoms with Gasteiger partial charge in [0.15, 0.2) is 6.29 Å². The topological polar surface area (TPSA) is 50.3 Å². The highest BCUT2D eigenvalue weighted by molar-refractivity contribution is 6.32. The van der Waals surface area contributed by atoms with Crippen LogP contribution in [-0.2, 0) is 4.79 Å². The van der Waals surface area contributed by atoms with Crippen LogP contribution in [0.1, 0.15) is 15.9 Å². The lowest BCUT2D eigenvalue weighted by molar-refractivity contribution is -0.115. The molecule has 0 atom stereocenters. The Morgan fingerprint density at radius 1 is 1.26 bits per heavy atom. The third-order valence-electron chi connectivity index (χ3n) is 2.37. The number of nitrogens with zero attached hydrogens (tertiary/aromatic N) is 2. The summed E-state index contributed by atoms with van der Waals surface area (Å²) in [5.41, 5.74) is 2.34. The van der Waals surface area contributed by atoms with Gasteiger partial charge < -0.3 is 4.90 Å². The molecule has 0 unspecified atom stereocenters. The lowest BCUT2D eigenvalue weighted by atomic mass is 10.1. The minimum absolute atomic E-state index is 0.266. The molecule has 0 bridgehead atoms. The second-order valence-electron chi connectivity index (χ2n) is 4.20. The van der Waals surface area contributed by atoms with E-state index in [1.165, 1.54) is 4.90 Å². The highest BCUT2D eigenvalue weighted by Gasteiger charge is 2.04. The maximum atomic E-state index is 10.6. The third kappa shape index (κ3) is 4.03. The summed E-state index contributed by atoms with van der Waals surface area (Å²) in [7, 11) is 3.38. The van der Waals surface area contributed by atoms with Crippen LogP contribution in [0.5, 0.6) is 0 Å². The van der Waals surface area contributed by atoms with Gasteiger partial charge in [-0.05, 0) is 18.6 Å². The van der Waals surface area contributed by atoms with Crippen molar-refractivity contribution in [3.8, 4) is 0 Å². The number of halogens is 1. The maximum Gasteiger partial charge on any atom is 0.209 e. The average molecular weight is 279 g/mol. The number of fused-ring (bicyclic) bond motifs is 1. The number of aldehydes is 1. The second kappa shape index (κ2) is 6.85. The summed E-state index contributed by atoms with van der Waals surface area (Å²) in [5, 5.41) is 1.21. The van der Waals surface area contributed by atoms with E-state index in [9.17, 15) is 9.59 Å². The van der Waals surface area contributed by atoms with E-state index in [2.05, 4.69) is 4.98 Å². The highest BCUT2D eigenvalue weighted by Crippen LogP contribution is 2.21. The molecule has 0 aliphatic heterocycles. The summed E-state index contributed by atoms with van der Waals surface area (Å²) in [6.07, 6.45) is 1.47. The summed E-state index contributed by atoms with van der Waals surface area (Å²) in [6, 6.07) is 7.57. The Balaban J connectivity index is 0.000000312. The molecule has 19 heavy (non-hydrogen) atoms. The Morgan fingerprint density at radius 2 is 1.89 bits per heavy atom. The van der Waals surface area contributed by atoms with Gasteiger partial charge in [0.1, 0.15) is 5.15 Å². The molecule has 2 aromatic rings. The summed E-state index contributed by atoms with van der Waals surface area (Å²) in [5.74, 6) is 0. The monoisotopic (exact) mass is 278 g/mol. The van der Waals surface area contributed by atoms with Crippen LogP contribution in [0, 0.1) is 6.92 Å². The number of carbonyl (C=O) groups is 2. The number of hydrogen-bond donors (Lipinski definition) is 0. The fourth-order valence-electron chi connectivity index (χ4n) is 1.42. The summed E-state index contributed by atoms with van der Waals surface area (Å²) < 4.78 is 0. The Hall–Kier alpha value is -1.94. The molecule has 1 aromatic heterocycles. The smallest absolute Gasteiger partial charge is 0.209 e. The number of amides is 1. The van der Waals surface area contributed by atoms with Gasteiger partial charge in [-0.3, -0.25) is 9.59 Å².